The van der Waals surface area contributed by atoms with Crippen LogP contribution in [0.2, 0.25) is 0 Å². The molecule has 2 N–H and O–H groups in total. The smallest absolute Gasteiger partial charge is 0.109 e. The maximum Gasteiger partial charge on any atom is 0.109 e. The van der Waals surface area contributed by atoms with Crippen molar-refractivity contribution in [3.63, 3.8) is 0 Å². The van der Waals surface area contributed by atoms with Crippen LogP contribution in [0.1, 0.15) is 30.7 Å². The van der Waals surface area contributed by atoms with Crippen molar-refractivity contribution in [2.75, 3.05) is 5.75 Å². The Morgan fingerprint density at radius 1 is 1.53 bits per heavy atom. The first-order valence-electron chi connectivity index (χ1n) is 5.11. The van der Waals surface area contributed by atoms with E-state index in [1.165, 1.54) is 0 Å². The van der Waals surface area contributed by atoms with Gasteiger partial charge in [-0.2, -0.15) is 17.7 Å². The van der Waals surface area contributed by atoms with Gasteiger partial charge >= 0.3 is 0 Å². The molecule has 2 unspecified atom stereocenters. The van der Waals surface area contributed by atoms with Gasteiger partial charge in [-0.15, -0.1) is 0 Å². The predicted octanol–water partition coefficient (Wildman–Crippen LogP) is 0.926. The van der Waals surface area contributed by atoms with E-state index in [1.54, 1.807) is 6.20 Å². The van der Waals surface area contributed by atoms with Gasteiger partial charge in [0.15, 0.2) is 0 Å². The van der Waals surface area contributed by atoms with Gasteiger partial charge in [0.2, 0.25) is 0 Å². The van der Waals surface area contributed by atoms with Crippen LogP contribution in [0.4, 0.5) is 0 Å². The number of aliphatic hydroxyl groups excluding tert-OH is 2. The second-order valence-corrected chi connectivity index (χ2v) is 3.97. The third-order valence-electron chi connectivity index (χ3n) is 2.45. The van der Waals surface area contributed by atoms with E-state index < -0.39 is 12.2 Å². The van der Waals surface area contributed by atoms with E-state index in [0.717, 1.165) is 18.7 Å². The van der Waals surface area contributed by atoms with Gasteiger partial charge in [0.25, 0.3) is 0 Å². The van der Waals surface area contributed by atoms with E-state index in [2.05, 4.69) is 24.7 Å². The number of aryl methyl sites for hydroxylation is 1. The minimum absolute atomic E-state index is 0.236. The van der Waals surface area contributed by atoms with Crippen LogP contribution in [0.5, 0.6) is 0 Å². The van der Waals surface area contributed by atoms with Crippen molar-refractivity contribution in [3.05, 3.63) is 17.5 Å². The molecule has 0 aliphatic carbocycles. The molecule has 86 valence electrons. The normalized spacial score (nSPS) is 15.3. The van der Waals surface area contributed by atoms with Crippen LogP contribution in [0.3, 0.4) is 0 Å². The molecule has 1 heterocycles. The number of hydrogen-bond acceptors (Lipinski definition) is 4. The zero-order chi connectivity index (χ0) is 11.4. The lowest BCUT2D eigenvalue weighted by Gasteiger charge is -2.15. The average Bonchev–Trinajstić information content (AvgIpc) is 2.59. The number of aromatic nitrogens is 2. The van der Waals surface area contributed by atoms with Gasteiger partial charge in [-0.1, -0.05) is 6.92 Å². The minimum Gasteiger partial charge on any atom is -0.389 e. The maximum absolute atomic E-state index is 9.80. The van der Waals surface area contributed by atoms with Crippen molar-refractivity contribution in [1.82, 2.24) is 9.78 Å². The SMILES string of the molecule is CCCn1ncc(C(O)C(O)CS)c1C. The van der Waals surface area contributed by atoms with Gasteiger partial charge in [0.1, 0.15) is 6.10 Å². The topological polar surface area (TPSA) is 58.3 Å². The van der Waals surface area contributed by atoms with Crippen LogP contribution >= 0.6 is 12.6 Å². The Balaban J connectivity index is 2.85. The lowest BCUT2D eigenvalue weighted by molar-refractivity contribution is 0.0333. The van der Waals surface area contributed by atoms with Crippen molar-refractivity contribution in [2.24, 2.45) is 0 Å². The second kappa shape index (κ2) is 5.53. The number of aliphatic hydroxyl groups is 2. The summed E-state index contributed by atoms with van der Waals surface area (Å²) < 4.78 is 1.84. The zero-order valence-electron chi connectivity index (χ0n) is 9.09. The molecule has 4 nitrogen and oxygen atoms in total. The Morgan fingerprint density at radius 3 is 2.73 bits per heavy atom. The fourth-order valence-electron chi connectivity index (χ4n) is 1.50. The van der Waals surface area contributed by atoms with Gasteiger partial charge < -0.3 is 10.2 Å². The minimum atomic E-state index is -0.895. The summed E-state index contributed by atoms with van der Waals surface area (Å²) in [7, 11) is 0. The molecule has 15 heavy (non-hydrogen) atoms. The van der Waals surface area contributed by atoms with Gasteiger partial charge in [-0.3, -0.25) is 4.68 Å². The molecular weight excluding hydrogens is 212 g/mol. The van der Waals surface area contributed by atoms with E-state index in [9.17, 15) is 10.2 Å². The highest BCUT2D eigenvalue weighted by Gasteiger charge is 2.21. The summed E-state index contributed by atoms with van der Waals surface area (Å²) in [5.74, 6) is 0.236. The molecule has 1 rings (SSSR count). The average molecular weight is 230 g/mol. The Hall–Kier alpha value is -0.520. The molecular formula is C10H18N2O2S. The molecule has 0 radical (unpaired) electrons. The summed E-state index contributed by atoms with van der Waals surface area (Å²) in [6, 6.07) is 0. The molecule has 0 aromatic carbocycles. The van der Waals surface area contributed by atoms with E-state index in [4.69, 9.17) is 0 Å². The standard InChI is InChI=1S/C10H18N2O2S/c1-3-4-12-7(2)8(5-11-12)10(14)9(13)6-15/h5,9-10,13-15H,3-4,6H2,1-2H3. The highest BCUT2D eigenvalue weighted by atomic mass is 32.1. The van der Waals surface area contributed by atoms with E-state index in [0.29, 0.717) is 5.56 Å². The Bertz CT molecular complexity index is 314. The number of nitrogens with zero attached hydrogens (tertiary/aromatic N) is 2. The third-order valence-corrected chi connectivity index (χ3v) is 2.82. The zero-order valence-corrected chi connectivity index (χ0v) is 9.98. The molecule has 0 saturated carbocycles. The number of rotatable bonds is 5. The summed E-state index contributed by atoms with van der Waals surface area (Å²) in [5.41, 5.74) is 1.59. The van der Waals surface area contributed by atoms with Crippen molar-refractivity contribution in [2.45, 2.75) is 39.0 Å². The summed E-state index contributed by atoms with van der Waals surface area (Å²) in [5, 5.41) is 23.4. The van der Waals surface area contributed by atoms with E-state index >= 15 is 0 Å². The first-order chi connectivity index (χ1) is 7.11. The van der Waals surface area contributed by atoms with E-state index in [1.807, 2.05) is 11.6 Å². The van der Waals surface area contributed by atoms with Crippen LogP contribution < -0.4 is 0 Å². The monoisotopic (exact) mass is 230 g/mol. The predicted molar refractivity (Wildman–Crippen MR) is 62.1 cm³/mol. The molecule has 0 aliphatic rings. The second-order valence-electron chi connectivity index (χ2n) is 3.60. The molecule has 5 heteroatoms. The Kier molecular flexibility index (Phi) is 4.63. The fourth-order valence-corrected chi connectivity index (χ4v) is 1.70. The molecule has 0 spiro atoms. The first kappa shape index (κ1) is 12.5. The maximum atomic E-state index is 9.80. The molecule has 0 bridgehead atoms. The fraction of sp³-hybridized carbons (Fsp3) is 0.700. The van der Waals surface area contributed by atoms with Crippen LogP contribution in [0, 0.1) is 6.92 Å². The summed E-state index contributed by atoms with van der Waals surface area (Å²) in [6.07, 6.45) is 0.870. The third kappa shape index (κ3) is 2.74. The van der Waals surface area contributed by atoms with Crippen molar-refractivity contribution < 1.29 is 10.2 Å². The Labute approximate surface area is 95.3 Å². The van der Waals surface area contributed by atoms with Gasteiger partial charge in [-0.05, 0) is 13.3 Å². The van der Waals surface area contributed by atoms with Crippen molar-refractivity contribution in [1.29, 1.82) is 0 Å². The largest absolute Gasteiger partial charge is 0.389 e. The molecule has 0 amide bonds. The van der Waals surface area contributed by atoms with Gasteiger partial charge in [0.05, 0.1) is 12.3 Å². The molecule has 0 aliphatic heterocycles. The lowest BCUT2D eigenvalue weighted by Crippen LogP contribution is -2.20. The molecule has 2 atom stereocenters. The molecule has 0 saturated heterocycles. The Morgan fingerprint density at radius 2 is 2.20 bits per heavy atom. The van der Waals surface area contributed by atoms with Crippen LogP contribution in [-0.4, -0.2) is 31.9 Å². The number of hydrogen-bond donors (Lipinski definition) is 3. The van der Waals surface area contributed by atoms with Crippen molar-refractivity contribution >= 4 is 12.6 Å². The van der Waals surface area contributed by atoms with Crippen LogP contribution in [0.25, 0.3) is 0 Å². The number of thiol groups is 1. The molecule has 0 fully saturated rings. The summed E-state index contributed by atoms with van der Waals surface area (Å²) in [4.78, 5) is 0. The quantitative estimate of drug-likeness (QED) is 0.659. The molecule has 1 aromatic rings. The van der Waals surface area contributed by atoms with Gasteiger partial charge in [-0.25, -0.2) is 0 Å². The highest BCUT2D eigenvalue weighted by molar-refractivity contribution is 7.80. The van der Waals surface area contributed by atoms with Crippen LogP contribution in [-0.2, 0) is 6.54 Å². The first-order valence-corrected chi connectivity index (χ1v) is 5.74. The molecule has 1 aromatic heterocycles. The lowest BCUT2D eigenvalue weighted by atomic mass is 10.1. The van der Waals surface area contributed by atoms with E-state index in [-0.39, 0.29) is 5.75 Å². The van der Waals surface area contributed by atoms with Crippen LogP contribution in [0.15, 0.2) is 6.20 Å². The summed E-state index contributed by atoms with van der Waals surface area (Å²) in [6.45, 7) is 4.79. The highest BCUT2D eigenvalue weighted by Crippen LogP contribution is 2.21. The summed E-state index contributed by atoms with van der Waals surface area (Å²) >= 11 is 3.95. The van der Waals surface area contributed by atoms with Crippen molar-refractivity contribution in [3.8, 4) is 0 Å². The van der Waals surface area contributed by atoms with Gasteiger partial charge in [0, 0.05) is 23.6 Å².